The molecule has 1 aromatic rings. The van der Waals surface area contributed by atoms with Crippen LogP contribution in [0.15, 0.2) is 23.1 Å². The van der Waals surface area contributed by atoms with Crippen molar-refractivity contribution in [1.29, 1.82) is 0 Å². The fourth-order valence-electron chi connectivity index (χ4n) is 1.19. The van der Waals surface area contributed by atoms with Crippen molar-refractivity contribution in [1.82, 2.24) is 5.32 Å². The summed E-state index contributed by atoms with van der Waals surface area (Å²) in [6.07, 6.45) is 0. The molecule has 110 valence electrons. The monoisotopic (exact) mass is 305 g/mol. The van der Waals surface area contributed by atoms with Crippen LogP contribution in [0.25, 0.3) is 0 Å². The Morgan fingerprint density at radius 3 is 2.70 bits per heavy atom. The Balaban J connectivity index is 2.19. The highest BCUT2D eigenvalue weighted by molar-refractivity contribution is 8.00. The van der Waals surface area contributed by atoms with Crippen molar-refractivity contribution in [3.63, 3.8) is 0 Å². The van der Waals surface area contributed by atoms with Crippen LogP contribution in [0, 0.1) is 11.6 Å². The van der Waals surface area contributed by atoms with Crippen LogP contribution in [0.3, 0.4) is 0 Å². The van der Waals surface area contributed by atoms with Crippen molar-refractivity contribution in [2.45, 2.75) is 4.90 Å². The molecule has 0 saturated carbocycles. The van der Waals surface area contributed by atoms with Gasteiger partial charge in [0.25, 0.3) is 0 Å². The van der Waals surface area contributed by atoms with E-state index in [0.29, 0.717) is 4.90 Å². The van der Waals surface area contributed by atoms with Crippen molar-refractivity contribution in [3.05, 3.63) is 29.8 Å². The summed E-state index contributed by atoms with van der Waals surface area (Å²) in [5.41, 5.74) is 0. The van der Waals surface area contributed by atoms with Crippen molar-refractivity contribution in [3.8, 4) is 0 Å². The first-order chi connectivity index (χ1) is 9.49. The van der Waals surface area contributed by atoms with Gasteiger partial charge < -0.3 is 15.2 Å². The minimum absolute atomic E-state index is 0.0456. The molecule has 0 radical (unpaired) electrons. The summed E-state index contributed by atoms with van der Waals surface area (Å²) in [7, 11) is 0. The van der Waals surface area contributed by atoms with Crippen LogP contribution in [0.4, 0.5) is 8.78 Å². The van der Waals surface area contributed by atoms with Gasteiger partial charge in [0.05, 0.1) is 12.4 Å². The molecule has 1 rings (SSSR count). The average Bonchev–Trinajstić information content (AvgIpc) is 2.39. The van der Waals surface area contributed by atoms with Gasteiger partial charge in [0, 0.05) is 11.4 Å². The van der Waals surface area contributed by atoms with E-state index in [1.807, 2.05) is 0 Å². The van der Waals surface area contributed by atoms with Crippen LogP contribution in [0.1, 0.15) is 0 Å². The lowest BCUT2D eigenvalue weighted by atomic mass is 10.3. The van der Waals surface area contributed by atoms with E-state index in [2.05, 4.69) is 5.32 Å². The molecule has 5 nitrogen and oxygen atoms in total. The number of benzene rings is 1. The predicted molar refractivity (Wildman–Crippen MR) is 68.5 cm³/mol. The third kappa shape index (κ3) is 6.48. The molecule has 0 aliphatic carbocycles. The molecular weight excluding hydrogens is 292 g/mol. The molecule has 1 amide bonds. The number of carbonyl (C=O) groups is 2. The summed E-state index contributed by atoms with van der Waals surface area (Å²) in [4.78, 5) is 22.0. The van der Waals surface area contributed by atoms with Crippen LogP contribution < -0.4 is 5.32 Å². The van der Waals surface area contributed by atoms with Gasteiger partial charge in [0.15, 0.2) is 11.6 Å². The van der Waals surface area contributed by atoms with Crippen LogP contribution >= 0.6 is 11.8 Å². The fourth-order valence-corrected chi connectivity index (χ4v) is 1.94. The van der Waals surface area contributed by atoms with Gasteiger partial charge in [0.2, 0.25) is 5.91 Å². The zero-order valence-corrected chi connectivity index (χ0v) is 11.2. The SMILES string of the molecule is O=C(O)COCCNC(=O)CSc1ccc(F)c(F)c1. The minimum Gasteiger partial charge on any atom is -0.480 e. The van der Waals surface area contributed by atoms with Crippen molar-refractivity contribution >= 4 is 23.6 Å². The van der Waals surface area contributed by atoms with E-state index in [9.17, 15) is 18.4 Å². The van der Waals surface area contributed by atoms with Gasteiger partial charge in [-0.05, 0) is 18.2 Å². The third-order valence-electron chi connectivity index (χ3n) is 2.06. The second kappa shape index (κ2) is 8.49. The molecule has 0 aliphatic rings. The number of aliphatic carboxylic acids is 1. The largest absolute Gasteiger partial charge is 0.480 e. The predicted octanol–water partition coefficient (Wildman–Crippen LogP) is 1.27. The van der Waals surface area contributed by atoms with E-state index in [4.69, 9.17) is 9.84 Å². The number of ether oxygens (including phenoxy) is 1. The summed E-state index contributed by atoms with van der Waals surface area (Å²) in [5.74, 6) is -3.24. The first-order valence-electron chi connectivity index (χ1n) is 5.63. The second-order valence-electron chi connectivity index (χ2n) is 3.66. The van der Waals surface area contributed by atoms with Gasteiger partial charge in [-0.15, -0.1) is 11.8 Å². The Morgan fingerprint density at radius 2 is 2.05 bits per heavy atom. The van der Waals surface area contributed by atoms with Gasteiger partial charge in [0.1, 0.15) is 6.61 Å². The molecule has 0 spiro atoms. The first kappa shape index (κ1) is 16.4. The van der Waals surface area contributed by atoms with E-state index < -0.39 is 24.2 Å². The highest BCUT2D eigenvalue weighted by Crippen LogP contribution is 2.19. The van der Waals surface area contributed by atoms with Gasteiger partial charge in [-0.3, -0.25) is 4.79 Å². The molecule has 0 atom stereocenters. The van der Waals surface area contributed by atoms with Gasteiger partial charge in [-0.1, -0.05) is 0 Å². The van der Waals surface area contributed by atoms with Crippen LogP contribution in [-0.2, 0) is 14.3 Å². The van der Waals surface area contributed by atoms with Gasteiger partial charge in [-0.25, -0.2) is 13.6 Å². The Kier molecular flexibility index (Phi) is 6.96. The number of halogens is 2. The van der Waals surface area contributed by atoms with E-state index >= 15 is 0 Å². The summed E-state index contributed by atoms with van der Waals surface area (Å²) >= 11 is 1.07. The Morgan fingerprint density at radius 1 is 1.30 bits per heavy atom. The molecule has 0 aromatic heterocycles. The summed E-state index contributed by atoms with van der Waals surface area (Å²) in [6, 6.07) is 3.39. The molecule has 0 aliphatic heterocycles. The smallest absolute Gasteiger partial charge is 0.329 e. The Labute approximate surface area is 118 Å². The molecule has 0 unspecified atom stereocenters. The number of carboxylic acids is 1. The fraction of sp³-hybridized carbons (Fsp3) is 0.333. The number of carboxylic acid groups (broad SMARTS) is 1. The number of amides is 1. The van der Waals surface area contributed by atoms with E-state index in [-0.39, 0.29) is 24.8 Å². The number of hydrogen-bond acceptors (Lipinski definition) is 4. The highest BCUT2D eigenvalue weighted by Gasteiger charge is 2.06. The van der Waals surface area contributed by atoms with Crippen LogP contribution in [0.5, 0.6) is 0 Å². The Bertz CT molecular complexity index is 485. The lowest BCUT2D eigenvalue weighted by Gasteiger charge is -2.05. The zero-order valence-electron chi connectivity index (χ0n) is 10.4. The third-order valence-corrected chi connectivity index (χ3v) is 3.05. The molecule has 20 heavy (non-hydrogen) atoms. The number of thioether (sulfide) groups is 1. The number of carbonyl (C=O) groups excluding carboxylic acids is 1. The average molecular weight is 305 g/mol. The quantitative estimate of drug-likeness (QED) is 0.559. The summed E-state index contributed by atoms with van der Waals surface area (Å²) in [6.45, 7) is -0.141. The lowest BCUT2D eigenvalue weighted by molar-refractivity contribution is -0.142. The molecule has 1 aromatic carbocycles. The topological polar surface area (TPSA) is 75.6 Å². The number of nitrogens with one attached hydrogen (secondary N) is 1. The lowest BCUT2D eigenvalue weighted by Crippen LogP contribution is -2.29. The van der Waals surface area contributed by atoms with Gasteiger partial charge >= 0.3 is 5.97 Å². The molecule has 0 fully saturated rings. The molecule has 8 heteroatoms. The summed E-state index contributed by atoms with van der Waals surface area (Å²) in [5, 5.41) is 10.8. The molecule has 0 bridgehead atoms. The Hall–Kier alpha value is -1.67. The standard InChI is InChI=1S/C12H13F2NO4S/c13-9-2-1-8(5-10(9)14)20-7-11(16)15-3-4-19-6-12(17)18/h1-2,5H,3-4,6-7H2,(H,15,16)(H,17,18). The van der Waals surface area contributed by atoms with E-state index in [1.54, 1.807) is 0 Å². The number of hydrogen-bond donors (Lipinski definition) is 2. The van der Waals surface area contributed by atoms with Crippen LogP contribution in [0.2, 0.25) is 0 Å². The first-order valence-corrected chi connectivity index (χ1v) is 6.61. The molecule has 2 N–H and O–H groups in total. The normalized spacial score (nSPS) is 10.3. The van der Waals surface area contributed by atoms with Gasteiger partial charge in [-0.2, -0.15) is 0 Å². The van der Waals surface area contributed by atoms with Crippen molar-refractivity contribution in [2.24, 2.45) is 0 Å². The maximum Gasteiger partial charge on any atom is 0.329 e. The number of rotatable bonds is 8. The zero-order chi connectivity index (χ0) is 15.0. The molecule has 0 saturated heterocycles. The van der Waals surface area contributed by atoms with E-state index in [1.165, 1.54) is 6.07 Å². The second-order valence-corrected chi connectivity index (χ2v) is 4.71. The van der Waals surface area contributed by atoms with Crippen molar-refractivity contribution in [2.75, 3.05) is 25.5 Å². The van der Waals surface area contributed by atoms with Crippen LogP contribution in [-0.4, -0.2) is 42.5 Å². The maximum atomic E-state index is 12.9. The molecule has 0 heterocycles. The highest BCUT2D eigenvalue weighted by atomic mass is 32.2. The van der Waals surface area contributed by atoms with Crippen molar-refractivity contribution < 1.29 is 28.2 Å². The summed E-state index contributed by atoms with van der Waals surface area (Å²) < 4.78 is 30.3. The van der Waals surface area contributed by atoms with E-state index in [0.717, 1.165) is 23.9 Å². The molecular formula is C12H13F2NO4S. The maximum absolute atomic E-state index is 12.9. The minimum atomic E-state index is -1.08.